The van der Waals surface area contributed by atoms with Crippen LogP contribution in [-0.4, -0.2) is 47.3 Å². The molecule has 0 radical (unpaired) electrons. The molecule has 0 unspecified atom stereocenters. The highest BCUT2D eigenvalue weighted by Gasteiger charge is 2.23. The van der Waals surface area contributed by atoms with Crippen molar-refractivity contribution in [2.75, 3.05) is 27.2 Å². The molecule has 1 saturated heterocycles. The van der Waals surface area contributed by atoms with Crippen LogP contribution in [0.5, 0.6) is 5.75 Å². The van der Waals surface area contributed by atoms with Gasteiger partial charge in [-0.25, -0.2) is 0 Å². The third-order valence-electron chi connectivity index (χ3n) is 4.02. The Bertz CT molecular complexity index is 618. The molecule has 2 aromatic heterocycles. The van der Waals surface area contributed by atoms with Crippen LogP contribution in [0.2, 0.25) is 0 Å². The maximum absolute atomic E-state index is 5.85. The molecule has 0 bridgehead atoms. The van der Waals surface area contributed by atoms with E-state index in [4.69, 9.17) is 9.15 Å². The zero-order valence-electron chi connectivity index (χ0n) is 12.7. The van der Waals surface area contributed by atoms with Crippen molar-refractivity contribution in [2.24, 2.45) is 0 Å². The Morgan fingerprint density at radius 2 is 2.05 bits per heavy atom. The molecule has 0 amide bonds. The summed E-state index contributed by atoms with van der Waals surface area (Å²) in [6, 6.07) is 1.88. The normalized spacial score (nSPS) is 17.1. The van der Waals surface area contributed by atoms with Crippen LogP contribution in [-0.2, 0) is 0 Å². The topological polar surface area (TPSA) is 64.3 Å². The minimum absolute atomic E-state index is 0.364. The Kier molecular flexibility index (Phi) is 3.88. The number of hydrogen-bond donors (Lipinski definition) is 0. The summed E-state index contributed by atoms with van der Waals surface area (Å²) in [5, 5.41) is 8.38. The van der Waals surface area contributed by atoms with Gasteiger partial charge in [-0.1, -0.05) is 0 Å². The van der Waals surface area contributed by atoms with Crippen molar-refractivity contribution in [3.05, 3.63) is 23.8 Å². The fourth-order valence-corrected chi connectivity index (χ4v) is 2.61. The number of hydrogen-bond acceptors (Lipinski definition) is 6. The molecule has 2 aromatic rings. The first-order valence-corrected chi connectivity index (χ1v) is 7.20. The molecule has 0 N–H and O–H groups in total. The zero-order chi connectivity index (χ0) is 14.8. The second-order valence-corrected chi connectivity index (χ2v) is 5.53. The molecular formula is C15H20N4O2. The van der Waals surface area contributed by atoms with Crippen molar-refractivity contribution in [2.45, 2.75) is 25.7 Å². The van der Waals surface area contributed by atoms with Crippen LogP contribution in [0.3, 0.4) is 0 Å². The first-order chi connectivity index (χ1) is 10.2. The summed E-state index contributed by atoms with van der Waals surface area (Å²) in [6.07, 6.45) is 3.87. The second-order valence-electron chi connectivity index (χ2n) is 5.53. The zero-order valence-corrected chi connectivity index (χ0v) is 12.7. The number of methoxy groups -OCH3 is 1. The van der Waals surface area contributed by atoms with Crippen molar-refractivity contribution < 1.29 is 9.15 Å². The monoisotopic (exact) mass is 288 g/mol. The summed E-state index contributed by atoms with van der Waals surface area (Å²) in [6.45, 7) is 4.05. The lowest BCUT2D eigenvalue weighted by Gasteiger charge is -2.26. The molecule has 0 aromatic carbocycles. The molecule has 3 rings (SSSR count). The standard InChI is InChI=1S/C15H20N4O2/c1-10-13(20-3)8-12(9-16-10)15-18-17-14(21-15)11-4-6-19(2)7-5-11/h8-9,11H,4-7H2,1-3H3. The lowest BCUT2D eigenvalue weighted by molar-refractivity contribution is 0.237. The number of piperidine rings is 1. The van der Waals surface area contributed by atoms with Gasteiger partial charge in [-0.3, -0.25) is 4.98 Å². The first kappa shape index (κ1) is 14.0. The van der Waals surface area contributed by atoms with Crippen LogP contribution in [0, 0.1) is 6.92 Å². The first-order valence-electron chi connectivity index (χ1n) is 7.20. The van der Waals surface area contributed by atoms with Gasteiger partial charge in [0.25, 0.3) is 0 Å². The fourth-order valence-electron chi connectivity index (χ4n) is 2.61. The summed E-state index contributed by atoms with van der Waals surface area (Å²) in [4.78, 5) is 6.62. The van der Waals surface area contributed by atoms with Gasteiger partial charge in [-0.15, -0.1) is 10.2 Å². The molecule has 6 heteroatoms. The molecule has 1 aliphatic rings. The number of rotatable bonds is 3. The number of ether oxygens (including phenoxy) is 1. The van der Waals surface area contributed by atoms with E-state index < -0.39 is 0 Å². The molecule has 21 heavy (non-hydrogen) atoms. The minimum Gasteiger partial charge on any atom is -0.495 e. The van der Waals surface area contributed by atoms with Crippen molar-refractivity contribution in [1.29, 1.82) is 0 Å². The number of pyridine rings is 1. The highest BCUT2D eigenvalue weighted by atomic mass is 16.5. The van der Waals surface area contributed by atoms with Crippen LogP contribution in [0.25, 0.3) is 11.5 Å². The van der Waals surface area contributed by atoms with Crippen LogP contribution in [0.4, 0.5) is 0 Å². The third-order valence-corrected chi connectivity index (χ3v) is 4.02. The van der Waals surface area contributed by atoms with Crippen LogP contribution >= 0.6 is 0 Å². The van der Waals surface area contributed by atoms with Gasteiger partial charge in [0, 0.05) is 12.1 Å². The molecular weight excluding hydrogens is 268 g/mol. The van der Waals surface area contributed by atoms with E-state index in [2.05, 4.69) is 27.1 Å². The Morgan fingerprint density at radius 1 is 1.29 bits per heavy atom. The summed E-state index contributed by atoms with van der Waals surface area (Å²) < 4.78 is 11.1. The smallest absolute Gasteiger partial charge is 0.249 e. The summed E-state index contributed by atoms with van der Waals surface area (Å²) >= 11 is 0. The molecule has 0 atom stereocenters. The Hall–Kier alpha value is -1.95. The van der Waals surface area contributed by atoms with Crippen LogP contribution in [0.15, 0.2) is 16.7 Å². The van der Waals surface area contributed by atoms with Crippen molar-refractivity contribution in [3.8, 4) is 17.2 Å². The number of nitrogens with zero attached hydrogens (tertiary/aromatic N) is 4. The lowest BCUT2D eigenvalue weighted by Crippen LogP contribution is -2.29. The second kappa shape index (κ2) is 5.81. The van der Waals surface area contributed by atoms with Gasteiger partial charge in [0.15, 0.2) is 0 Å². The molecule has 0 spiro atoms. The van der Waals surface area contributed by atoms with E-state index in [1.165, 1.54) is 0 Å². The van der Waals surface area contributed by atoms with Crippen molar-refractivity contribution in [1.82, 2.24) is 20.1 Å². The average Bonchev–Trinajstić information content (AvgIpc) is 2.98. The van der Waals surface area contributed by atoms with Gasteiger partial charge in [0.1, 0.15) is 5.75 Å². The van der Waals surface area contributed by atoms with E-state index in [0.717, 1.165) is 48.8 Å². The molecule has 0 aliphatic carbocycles. The van der Waals surface area contributed by atoms with Crippen molar-refractivity contribution >= 4 is 0 Å². The van der Waals surface area contributed by atoms with Gasteiger partial charge >= 0.3 is 0 Å². The SMILES string of the molecule is COc1cc(-c2nnc(C3CCN(C)CC3)o2)cnc1C. The number of aromatic nitrogens is 3. The van der Waals surface area contributed by atoms with E-state index in [9.17, 15) is 0 Å². The van der Waals surface area contributed by atoms with Gasteiger partial charge in [-0.2, -0.15) is 0 Å². The van der Waals surface area contributed by atoms with Crippen LogP contribution in [0.1, 0.15) is 30.3 Å². The van der Waals surface area contributed by atoms with E-state index in [0.29, 0.717) is 11.8 Å². The van der Waals surface area contributed by atoms with E-state index in [1.54, 1.807) is 13.3 Å². The summed E-state index contributed by atoms with van der Waals surface area (Å²) in [5.74, 6) is 2.33. The number of aryl methyl sites for hydroxylation is 1. The fraction of sp³-hybridized carbons (Fsp3) is 0.533. The maximum Gasteiger partial charge on any atom is 0.249 e. The minimum atomic E-state index is 0.364. The number of likely N-dealkylation sites (tertiary alicyclic amines) is 1. The molecule has 1 fully saturated rings. The quantitative estimate of drug-likeness (QED) is 0.863. The maximum atomic E-state index is 5.85. The molecule has 6 nitrogen and oxygen atoms in total. The predicted octanol–water partition coefficient (Wildman–Crippen LogP) is 2.26. The van der Waals surface area contributed by atoms with Gasteiger partial charge in [-0.05, 0) is 46.0 Å². The largest absolute Gasteiger partial charge is 0.495 e. The third kappa shape index (κ3) is 2.90. The predicted molar refractivity (Wildman–Crippen MR) is 78.3 cm³/mol. The van der Waals surface area contributed by atoms with Crippen LogP contribution < -0.4 is 4.74 Å². The summed E-state index contributed by atoms with van der Waals surface area (Å²) in [5.41, 5.74) is 1.64. The Balaban J connectivity index is 1.81. The molecule has 1 aliphatic heterocycles. The van der Waals surface area contributed by atoms with E-state index >= 15 is 0 Å². The summed E-state index contributed by atoms with van der Waals surface area (Å²) in [7, 11) is 3.77. The van der Waals surface area contributed by atoms with Gasteiger partial charge < -0.3 is 14.1 Å². The van der Waals surface area contributed by atoms with Gasteiger partial charge in [0.05, 0.1) is 18.4 Å². The van der Waals surface area contributed by atoms with E-state index in [-0.39, 0.29) is 0 Å². The van der Waals surface area contributed by atoms with Crippen molar-refractivity contribution in [3.63, 3.8) is 0 Å². The van der Waals surface area contributed by atoms with E-state index in [1.807, 2.05) is 13.0 Å². The lowest BCUT2D eigenvalue weighted by atomic mass is 9.97. The highest BCUT2D eigenvalue weighted by Crippen LogP contribution is 2.30. The average molecular weight is 288 g/mol. The molecule has 0 saturated carbocycles. The van der Waals surface area contributed by atoms with Gasteiger partial charge in [0.2, 0.25) is 11.8 Å². The highest BCUT2D eigenvalue weighted by molar-refractivity contribution is 5.54. The molecule has 112 valence electrons. The Labute approximate surface area is 124 Å². The molecule has 3 heterocycles. The Morgan fingerprint density at radius 3 is 2.76 bits per heavy atom.